The summed E-state index contributed by atoms with van der Waals surface area (Å²) in [5, 5.41) is 3.17. The minimum Gasteiger partial charge on any atom is -0.333 e. The first-order valence-corrected chi connectivity index (χ1v) is 6.57. The van der Waals surface area contributed by atoms with Gasteiger partial charge < -0.3 is 10.2 Å². The Balaban J connectivity index is 2.21. The highest BCUT2D eigenvalue weighted by Gasteiger charge is 2.42. The summed E-state index contributed by atoms with van der Waals surface area (Å²) >= 11 is 0. The molecule has 2 fully saturated rings. The van der Waals surface area contributed by atoms with Gasteiger partial charge in [0.05, 0.1) is 6.04 Å². The van der Waals surface area contributed by atoms with Crippen LogP contribution >= 0.6 is 0 Å². The van der Waals surface area contributed by atoms with Crippen molar-refractivity contribution in [3.8, 4) is 0 Å². The summed E-state index contributed by atoms with van der Waals surface area (Å²) in [4.78, 5) is 14.7. The molecule has 2 rings (SSSR count). The molecular formula is C13H24N2O. The number of likely N-dealkylation sites (tertiary alicyclic amines) is 1. The number of carbonyl (C=O) groups is 1. The SMILES string of the molecule is CNC1CCCC(C)(C)N(C2CCC2)C1=O. The molecule has 1 aliphatic carbocycles. The van der Waals surface area contributed by atoms with E-state index in [0.717, 1.165) is 19.3 Å². The summed E-state index contributed by atoms with van der Waals surface area (Å²) in [5.74, 6) is 0.328. The lowest BCUT2D eigenvalue weighted by atomic mass is 9.86. The van der Waals surface area contributed by atoms with Crippen LogP contribution in [0.1, 0.15) is 52.4 Å². The van der Waals surface area contributed by atoms with Gasteiger partial charge in [-0.15, -0.1) is 0 Å². The summed E-state index contributed by atoms with van der Waals surface area (Å²) < 4.78 is 0. The average molecular weight is 224 g/mol. The van der Waals surface area contributed by atoms with Crippen LogP contribution < -0.4 is 5.32 Å². The lowest BCUT2D eigenvalue weighted by Crippen LogP contribution is -2.58. The van der Waals surface area contributed by atoms with Crippen LogP contribution in [0.15, 0.2) is 0 Å². The Bertz CT molecular complexity index is 271. The minimum absolute atomic E-state index is 0.0439. The number of nitrogens with zero attached hydrogens (tertiary/aromatic N) is 1. The van der Waals surface area contributed by atoms with Crippen molar-refractivity contribution in [3.63, 3.8) is 0 Å². The lowest BCUT2D eigenvalue weighted by Gasteiger charge is -2.47. The number of rotatable bonds is 2. The summed E-state index contributed by atoms with van der Waals surface area (Å²) in [5.41, 5.74) is 0.0494. The monoisotopic (exact) mass is 224 g/mol. The maximum absolute atomic E-state index is 12.5. The highest BCUT2D eigenvalue weighted by Crippen LogP contribution is 2.36. The normalized spacial score (nSPS) is 31.1. The van der Waals surface area contributed by atoms with Gasteiger partial charge in [0.1, 0.15) is 0 Å². The second kappa shape index (κ2) is 4.36. The summed E-state index contributed by atoms with van der Waals surface area (Å²) in [6.45, 7) is 4.45. The molecule has 0 aromatic rings. The maximum atomic E-state index is 12.5. The molecule has 1 saturated carbocycles. The molecular weight excluding hydrogens is 200 g/mol. The fraction of sp³-hybridized carbons (Fsp3) is 0.923. The first kappa shape index (κ1) is 11.9. The fourth-order valence-corrected chi connectivity index (χ4v) is 3.04. The van der Waals surface area contributed by atoms with E-state index < -0.39 is 0 Å². The highest BCUT2D eigenvalue weighted by atomic mass is 16.2. The number of nitrogens with one attached hydrogen (secondary N) is 1. The number of likely N-dealkylation sites (N-methyl/N-ethyl adjacent to an activating group) is 1. The summed E-state index contributed by atoms with van der Waals surface area (Å²) in [7, 11) is 1.90. The molecule has 92 valence electrons. The standard InChI is InChI=1S/C13H24N2O/c1-13(2)9-5-8-11(14-3)12(16)15(13)10-6-4-7-10/h10-11,14H,4-9H2,1-3H3. The molecule has 1 aliphatic heterocycles. The minimum atomic E-state index is 0.0439. The van der Waals surface area contributed by atoms with E-state index in [2.05, 4.69) is 24.1 Å². The smallest absolute Gasteiger partial charge is 0.240 e. The quantitative estimate of drug-likeness (QED) is 0.777. The number of hydrogen-bond acceptors (Lipinski definition) is 2. The zero-order valence-electron chi connectivity index (χ0n) is 10.8. The van der Waals surface area contributed by atoms with Crippen LogP contribution in [0, 0.1) is 0 Å². The summed E-state index contributed by atoms with van der Waals surface area (Å²) in [6.07, 6.45) is 6.95. The van der Waals surface area contributed by atoms with Crippen LogP contribution in [0.4, 0.5) is 0 Å². The van der Waals surface area contributed by atoms with Gasteiger partial charge in [0.15, 0.2) is 0 Å². The lowest BCUT2D eigenvalue weighted by molar-refractivity contribution is -0.143. The molecule has 0 spiro atoms. The van der Waals surface area contributed by atoms with Crippen molar-refractivity contribution < 1.29 is 4.79 Å². The Hall–Kier alpha value is -0.570. The van der Waals surface area contributed by atoms with Crippen LogP contribution in [0.5, 0.6) is 0 Å². The summed E-state index contributed by atoms with van der Waals surface area (Å²) in [6, 6.07) is 0.554. The van der Waals surface area contributed by atoms with E-state index in [4.69, 9.17) is 0 Å². The second-order valence-corrected chi connectivity index (χ2v) is 5.84. The van der Waals surface area contributed by atoms with Crippen molar-refractivity contribution >= 4 is 5.91 Å². The number of amides is 1. The van der Waals surface area contributed by atoms with Crippen LogP contribution in [0.25, 0.3) is 0 Å². The third-order valence-corrected chi connectivity index (χ3v) is 4.26. The van der Waals surface area contributed by atoms with Crippen molar-refractivity contribution in [2.45, 2.75) is 70.0 Å². The van der Waals surface area contributed by atoms with Gasteiger partial charge in [0.25, 0.3) is 0 Å². The Kier molecular flexibility index (Phi) is 3.24. The molecule has 1 heterocycles. The van der Waals surface area contributed by atoms with Crippen LogP contribution in [0.2, 0.25) is 0 Å². The molecule has 0 aromatic heterocycles. The molecule has 1 unspecified atom stereocenters. The Morgan fingerprint density at radius 2 is 1.94 bits per heavy atom. The molecule has 3 heteroatoms. The Morgan fingerprint density at radius 3 is 2.44 bits per heavy atom. The molecule has 0 aromatic carbocycles. The molecule has 1 N–H and O–H groups in total. The second-order valence-electron chi connectivity index (χ2n) is 5.84. The van der Waals surface area contributed by atoms with Gasteiger partial charge in [0.2, 0.25) is 5.91 Å². The molecule has 0 radical (unpaired) electrons. The molecule has 2 aliphatic rings. The zero-order valence-corrected chi connectivity index (χ0v) is 10.8. The van der Waals surface area contributed by atoms with Crippen LogP contribution in [-0.4, -0.2) is 35.5 Å². The molecule has 0 bridgehead atoms. The van der Waals surface area contributed by atoms with E-state index in [0.29, 0.717) is 11.9 Å². The van der Waals surface area contributed by atoms with E-state index in [-0.39, 0.29) is 11.6 Å². The molecule has 1 saturated heterocycles. The average Bonchev–Trinajstić information content (AvgIpc) is 2.25. The predicted octanol–water partition coefficient (Wildman–Crippen LogP) is 1.92. The van der Waals surface area contributed by atoms with Crippen molar-refractivity contribution in [2.75, 3.05) is 7.05 Å². The fourth-order valence-electron chi connectivity index (χ4n) is 3.04. The number of carbonyl (C=O) groups excluding carboxylic acids is 1. The largest absolute Gasteiger partial charge is 0.333 e. The van der Waals surface area contributed by atoms with Gasteiger partial charge >= 0.3 is 0 Å². The van der Waals surface area contributed by atoms with Crippen molar-refractivity contribution in [2.24, 2.45) is 0 Å². The van der Waals surface area contributed by atoms with Gasteiger partial charge in [-0.05, 0) is 59.4 Å². The first-order chi connectivity index (χ1) is 7.56. The van der Waals surface area contributed by atoms with Crippen molar-refractivity contribution in [3.05, 3.63) is 0 Å². The highest BCUT2D eigenvalue weighted by molar-refractivity contribution is 5.83. The van der Waals surface area contributed by atoms with E-state index in [9.17, 15) is 4.79 Å². The molecule has 1 amide bonds. The maximum Gasteiger partial charge on any atom is 0.240 e. The van der Waals surface area contributed by atoms with Gasteiger partial charge in [-0.25, -0.2) is 0 Å². The van der Waals surface area contributed by atoms with E-state index in [1.807, 2.05) is 7.05 Å². The van der Waals surface area contributed by atoms with Gasteiger partial charge in [-0.3, -0.25) is 4.79 Å². The molecule has 3 nitrogen and oxygen atoms in total. The zero-order chi connectivity index (χ0) is 11.8. The van der Waals surface area contributed by atoms with Crippen molar-refractivity contribution in [1.29, 1.82) is 0 Å². The molecule has 16 heavy (non-hydrogen) atoms. The Morgan fingerprint density at radius 1 is 1.25 bits per heavy atom. The van der Waals surface area contributed by atoms with E-state index in [1.54, 1.807) is 0 Å². The topological polar surface area (TPSA) is 32.3 Å². The van der Waals surface area contributed by atoms with Gasteiger partial charge in [-0.1, -0.05) is 0 Å². The third-order valence-electron chi connectivity index (χ3n) is 4.26. The Labute approximate surface area is 98.6 Å². The predicted molar refractivity (Wildman–Crippen MR) is 65.3 cm³/mol. The third kappa shape index (κ3) is 1.97. The van der Waals surface area contributed by atoms with Gasteiger partial charge in [-0.2, -0.15) is 0 Å². The van der Waals surface area contributed by atoms with Crippen LogP contribution in [-0.2, 0) is 4.79 Å². The van der Waals surface area contributed by atoms with Crippen molar-refractivity contribution in [1.82, 2.24) is 10.2 Å². The molecule has 1 atom stereocenters. The van der Waals surface area contributed by atoms with E-state index >= 15 is 0 Å². The number of hydrogen-bond donors (Lipinski definition) is 1. The van der Waals surface area contributed by atoms with E-state index in [1.165, 1.54) is 19.3 Å². The van der Waals surface area contributed by atoms with Crippen LogP contribution in [0.3, 0.4) is 0 Å². The first-order valence-electron chi connectivity index (χ1n) is 6.57. The van der Waals surface area contributed by atoms with Gasteiger partial charge in [0, 0.05) is 11.6 Å².